The van der Waals surface area contributed by atoms with Gasteiger partial charge in [-0.3, -0.25) is 14.4 Å². The summed E-state index contributed by atoms with van der Waals surface area (Å²) in [6.07, 6.45) is 0. The fourth-order valence-corrected chi connectivity index (χ4v) is 2.99. The maximum Gasteiger partial charge on any atom is 0.294 e. The maximum atomic E-state index is 13.4. The lowest BCUT2D eigenvalue weighted by molar-refractivity contribution is -0.117. The number of aliphatic hydroxyl groups is 1. The molecule has 0 bridgehead atoms. The normalized spacial score (nSPS) is 11.8. The number of halogens is 1. The first-order chi connectivity index (χ1) is 13.1. The van der Waals surface area contributed by atoms with Crippen molar-refractivity contribution in [1.82, 2.24) is 9.88 Å². The highest BCUT2D eigenvalue weighted by molar-refractivity contribution is 6.43. The van der Waals surface area contributed by atoms with Gasteiger partial charge >= 0.3 is 0 Å². The molecule has 28 heavy (non-hydrogen) atoms. The quantitative estimate of drug-likeness (QED) is 0.520. The summed E-state index contributed by atoms with van der Waals surface area (Å²) in [4.78, 5) is 37.5. The number of nitrogens with zero attached hydrogens (tertiary/aromatic N) is 1. The zero-order chi connectivity index (χ0) is 21.2. The second-order valence-electron chi connectivity index (χ2n) is 6.80. The number of nitrogens with one attached hydrogen (secondary N) is 2. The fraction of sp³-hybridized carbons (Fsp3) is 0.350. The molecule has 1 aromatic carbocycles. The van der Waals surface area contributed by atoms with E-state index in [1.54, 1.807) is 34.7 Å². The lowest BCUT2D eigenvalue weighted by Crippen LogP contribution is -2.40. The number of carbonyl (C=O) groups excluding carboxylic acids is 3. The molecule has 0 aliphatic carbocycles. The van der Waals surface area contributed by atoms with Crippen LogP contribution in [0.5, 0.6) is 0 Å². The summed E-state index contributed by atoms with van der Waals surface area (Å²) in [7, 11) is 1.59. The van der Waals surface area contributed by atoms with Crippen LogP contribution in [0.2, 0.25) is 0 Å². The van der Waals surface area contributed by atoms with E-state index in [9.17, 15) is 18.8 Å². The van der Waals surface area contributed by atoms with Crippen molar-refractivity contribution in [3.8, 4) is 0 Å². The van der Waals surface area contributed by atoms with Gasteiger partial charge in [0.25, 0.3) is 17.6 Å². The van der Waals surface area contributed by atoms with Gasteiger partial charge in [-0.1, -0.05) is 0 Å². The van der Waals surface area contributed by atoms with Gasteiger partial charge in [0.2, 0.25) is 0 Å². The van der Waals surface area contributed by atoms with Crippen LogP contribution in [0.15, 0.2) is 18.2 Å². The summed E-state index contributed by atoms with van der Waals surface area (Å²) in [5.41, 5.74) is 2.07. The molecule has 0 saturated carbocycles. The molecule has 1 aromatic heterocycles. The molecule has 0 aliphatic rings. The first-order valence-corrected chi connectivity index (χ1v) is 8.77. The van der Waals surface area contributed by atoms with Crippen molar-refractivity contribution in [2.24, 2.45) is 7.05 Å². The number of aryl methyl sites for hydroxylation is 1. The molecule has 0 aliphatic heterocycles. The minimum Gasteiger partial charge on any atom is -0.394 e. The van der Waals surface area contributed by atoms with Crippen LogP contribution in [-0.2, 0) is 11.8 Å². The van der Waals surface area contributed by atoms with Gasteiger partial charge in [0.05, 0.1) is 17.9 Å². The van der Waals surface area contributed by atoms with Gasteiger partial charge in [0.15, 0.2) is 0 Å². The van der Waals surface area contributed by atoms with E-state index in [0.29, 0.717) is 22.5 Å². The van der Waals surface area contributed by atoms with E-state index in [4.69, 9.17) is 5.11 Å². The van der Waals surface area contributed by atoms with Crippen molar-refractivity contribution in [2.75, 3.05) is 11.9 Å². The Labute approximate surface area is 162 Å². The van der Waals surface area contributed by atoms with E-state index in [-0.39, 0.29) is 23.7 Å². The van der Waals surface area contributed by atoms with Crippen molar-refractivity contribution < 1.29 is 23.9 Å². The molecule has 1 heterocycles. The lowest BCUT2D eigenvalue weighted by Gasteiger charge is -2.11. The summed E-state index contributed by atoms with van der Waals surface area (Å²) in [5, 5.41) is 14.1. The van der Waals surface area contributed by atoms with E-state index < -0.39 is 23.6 Å². The first-order valence-electron chi connectivity index (χ1n) is 8.77. The van der Waals surface area contributed by atoms with Crippen LogP contribution in [0.25, 0.3) is 0 Å². The molecule has 0 unspecified atom stereocenters. The Balaban J connectivity index is 2.35. The molecule has 0 saturated heterocycles. The van der Waals surface area contributed by atoms with Crippen LogP contribution < -0.4 is 10.6 Å². The van der Waals surface area contributed by atoms with Gasteiger partial charge in [0, 0.05) is 24.5 Å². The second-order valence-corrected chi connectivity index (χ2v) is 6.80. The van der Waals surface area contributed by atoms with Crippen LogP contribution in [0.1, 0.15) is 44.6 Å². The Morgan fingerprint density at radius 3 is 2.43 bits per heavy atom. The summed E-state index contributed by atoms with van der Waals surface area (Å²) < 4.78 is 14.9. The van der Waals surface area contributed by atoms with Gasteiger partial charge in [-0.2, -0.15) is 0 Å². The van der Waals surface area contributed by atoms with Crippen molar-refractivity contribution in [3.05, 3.63) is 52.1 Å². The molecule has 1 atom stereocenters. The molecule has 2 amide bonds. The molecular formula is C20H24FN3O4. The summed E-state index contributed by atoms with van der Waals surface area (Å²) in [6, 6.07) is 3.65. The third-order valence-corrected chi connectivity index (χ3v) is 4.65. The van der Waals surface area contributed by atoms with Crippen molar-refractivity contribution in [2.45, 2.75) is 33.7 Å². The van der Waals surface area contributed by atoms with Crippen LogP contribution in [0, 0.1) is 26.6 Å². The third kappa shape index (κ3) is 4.12. The molecule has 3 N–H and O–H groups in total. The number of aromatic nitrogens is 1. The molecule has 0 spiro atoms. The maximum absolute atomic E-state index is 13.4. The Morgan fingerprint density at radius 1 is 1.21 bits per heavy atom. The highest BCUT2D eigenvalue weighted by atomic mass is 19.1. The van der Waals surface area contributed by atoms with Crippen LogP contribution in [0.3, 0.4) is 0 Å². The number of hydrogen-bond donors (Lipinski definition) is 3. The number of rotatable bonds is 6. The summed E-state index contributed by atoms with van der Waals surface area (Å²) in [6.45, 7) is 6.12. The molecule has 2 aromatic rings. The monoisotopic (exact) mass is 389 g/mol. The number of ketones is 1. The average molecular weight is 389 g/mol. The van der Waals surface area contributed by atoms with Gasteiger partial charge in [-0.25, -0.2) is 4.39 Å². The van der Waals surface area contributed by atoms with Crippen molar-refractivity contribution >= 4 is 23.3 Å². The van der Waals surface area contributed by atoms with E-state index in [2.05, 4.69) is 10.6 Å². The van der Waals surface area contributed by atoms with Gasteiger partial charge in [0.1, 0.15) is 5.82 Å². The molecule has 2 rings (SSSR count). The second kappa shape index (κ2) is 8.35. The Bertz CT molecular complexity index is 949. The highest BCUT2D eigenvalue weighted by Crippen LogP contribution is 2.23. The average Bonchev–Trinajstić information content (AvgIpc) is 2.86. The molecule has 0 fully saturated rings. The minimum atomic E-state index is -0.855. The van der Waals surface area contributed by atoms with Crippen LogP contribution >= 0.6 is 0 Å². The molecule has 7 nitrogen and oxygen atoms in total. The molecule has 8 heteroatoms. The largest absolute Gasteiger partial charge is 0.394 e. The van der Waals surface area contributed by atoms with Crippen LogP contribution in [-0.4, -0.2) is 39.9 Å². The van der Waals surface area contributed by atoms with Gasteiger partial charge in [-0.05, 0) is 57.0 Å². The van der Waals surface area contributed by atoms with E-state index in [1.807, 2.05) is 0 Å². The topological polar surface area (TPSA) is 100 Å². The Kier molecular flexibility index (Phi) is 6.35. The van der Waals surface area contributed by atoms with E-state index in [0.717, 1.165) is 0 Å². The van der Waals surface area contributed by atoms with Crippen molar-refractivity contribution in [3.63, 3.8) is 0 Å². The summed E-state index contributed by atoms with van der Waals surface area (Å²) in [5.74, 6) is -2.48. The minimum absolute atomic E-state index is 0.0978. The predicted octanol–water partition coefficient (Wildman–Crippen LogP) is 2.02. The van der Waals surface area contributed by atoms with Gasteiger partial charge in [-0.15, -0.1) is 0 Å². The lowest BCUT2D eigenvalue weighted by atomic mass is 10.1. The number of benzene rings is 1. The molecular weight excluding hydrogens is 365 g/mol. The fourth-order valence-electron chi connectivity index (χ4n) is 2.99. The number of aliphatic hydroxyl groups excluding tert-OH is 1. The molecule has 0 radical (unpaired) electrons. The van der Waals surface area contributed by atoms with Gasteiger partial charge < -0.3 is 20.3 Å². The van der Waals surface area contributed by atoms with Crippen LogP contribution in [0.4, 0.5) is 10.1 Å². The number of Topliss-reactive ketones (excluding diaryl/α,β-unsaturated/α-hetero) is 1. The smallest absolute Gasteiger partial charge is 0.294 e. The first kappa shape index (κ1) is 21.3. The van der Waals surface area contributed by atoms with Crippen molar-refractivity contribution in [1.29, 1.82) is 0 Å². The number of hydrogen-bond acceptors (Lipinski definition) is 4. The Hall–Kier alpha value is -3.00. The number of anilines is 1. The van der Waals surface area contributed by atoms with E-state index >= 15 is 0 Å². The molecule has 150 valence electrons. The number of carbonyl (C=O) groups is 3. The number of amides is 2. The zero-order valence-electron chi connectivity index (χ0n) is 16.5. The highest BCUT2D eigenvalue weighted by Gasteiger charge is 2.29. The standard InChI is InChI=1S/C20H24FN3O4/c1-10-8-14(6-7-15(10)21)23-19(27)16-12(3)17(24(5)13(16)4)18(26)20(28)22-11(2)9-25/h6-8,11,25H,9H2,1-5H3,(H,22,28)(H,23,27)/t11-/m1/s1. The summed E-state index contributed by atoms with van der Waals surface area (Å²) >= 11 is 0. The third-order valence-electron chi connectivity index (χ3n) is 4.65. The zero-order valence-corrected chi connectivity index (χ0v) is 16.5. The predicted molar refractivity (Wildman–Crippen MR) is 103 cm³/mol. The SMILES string of the molecule is Cc1cc(NC(=O)c2c(C)c(C(=O)C(=O)N[C@H](C)CO)n(C)c2C)ccc1F. The Morgan fingerprint density at radius 2 is 1.86 bits per heavy atom. The van der Waals surface area contributed by atoms with E-state index in [1.165, 1.54) is 22.8 Å².